The molecule has 8 nitrogen and oxygen atoms in total. The molecule has 1 atom stereocenters. The fraction of sp³-hybridized carbons (Fsp3) is 0.130. The Morgan fingerprint density at radius 1 is 1.19 bits per heavy atom. The largest absolute Gasteiger partial charge is 0.497 e. The normalized spacial score (nSPS) is 15.1. The summed E-state index contributed by atoms with van der Waals surface area (Å²) in [5, 5.41) is 12.9. The van der Waals surface area contributed by atoms with Crippen LogP contribution in [-0.4, -0.2) is 32.8 Å². The molecule has 3 aromatic heterocycles. The second kappa shape index (κ2) is 8.27. The number of benzene rings is 1. The van der Waals surface area contributed by atoms with Crippen LogP contribution in [0.5, 0.6) is 5.75 Å². The van der Waals surface area contributed by atoms with Gasteiger partial charge < -0.3 is 15.4 Å². The van der Waals surface area contributed by atoms with E-state index in [-0.39, 0.29) is 5.91 Å². The second-order valence-corrected chi connectivity index (χ2v) is 8.14. The summed E-state index contributed by atoms with van der Waals surface area (Å²) in [7, 11) is 1.62. The molecular formula is C23H20N6O2S. The Morgan fingerprint density at radius 3 is 2.84 bits per heavy atom. The first-order chi connectivity index (χ1) is 15.6. The molecule has 0 fully saturated rings. The SMILES string of the molecule is COc1cccc(C2C(C(=O)Nc3ccccn3)=C(C)Nc3nc(-c4cccs4)nn32)c1. The fourth-order valence-corrected chi connectivity index (χ4v) is 4.35. The summed E-state index contributed by atoms with van der Waals surface area (Å²) in [5.41, 5.74) is 2.09. The summed E-state index contributed by atoms with van der Waals surface area (Å²) in [6, 6.07) is 16.4. The topological polar surface area (TPSA) is 94.0 Å². The van der Waals surface area contributed by atoms with Gasteiger partial charge in [0.15, 0.2) is 5.82 Å². The van der Waals surface area contributed by atoms with Crippen LogP contribution >= 0.6 is 11.3 Å². The maximum Gasteiger partial charge on any atom is 0.257 e. The highest BCUT2D eigenvalue weighted by Gasteiger charge is 2.35. The van der Waals surface area contributed by atoms with Crippen molar-refractivity contribution in [1.82, 2.24) is 19.7 Å². The van der Waals surface area contributed by atoms with Crippen molar-refractivity contribution in [2.45, 2.75) is 13.0 Å². The zero-order chi connectivity index (χ0) is 22.1. The second-order valence-electron chi connectivity index (χ2n) is 7.19. The third-order valence-corrected chi connectivity index (χ3v) is 6.02. The quantitative estimate of drug-likeness (QED) is 0.476. The Balaban J connectivity index is 1.62. The minimum atomic E-state index is -0.494. The molecular weight excluding hydrogens is 424 g/mol. The molecule has 1 aromatic carbocycles. The van der Waals surface area contributed by atoms with E-state index in [1.807, 2.05) is 54.8 Å². The number of hydrogen-bond acceptors (Lipinski definition) is 7. The van der Waals surface area contributed by atoms with Crippen LogP contribution in [0.15, 0.2) is 77.4 Å². The maximum absolute atomic E-state index is 13.4. The Bertz CT molecular complexity index is 1300. The molecule has 1 unspecified atom stereocenters. The number of nitrogens with one attached hydrogen (secondary N) is 2. The number of nitrogens with zero attached hydrogens (tertiary/aromatic N) is 4. The average Bonchev–Trinajstić information content (AvgIpc) is 3.48. The van der Waals surface area contributed by atoms with Crippen molar-refractivity contribution in [3.63, 3.8) is 0 Å². The number of rotatable bonds is 5. The lowest BCUT2D eigenvalue weighted by Gasteiger charge is -2.28. The number of aromatic nitrogens is 4. The van der Waals surface area contributed by atoms with Crippen LogP contribution in [-0.2, 0) is 4.79 Å². The van der Waals surface area contributed by atoms with E-state index in [9.17, 15) is 4.79 Å². The molecule has 0 spiro atoms. The maximum atomic E-state index is 13.4. The number of carbonyl (C=O) groups is 1. The number of hydrogen-bond donors (Lipinski definition) is 2. The van der Waals surface area contributed by atoms with Gasteiger partial charge in [-0.1, -0.05) is 24.3 Å². The van der Waals surface area contributed by atoms with Crippen LogP contribution in [0, 0.1) is 0 Å². The standard InChI is InChI=1S/C23H20N6O2S/c1-14-19(22(30)26-18-10-3-4-11-24-18)20(15-7-5-8-16(13-15)31-2)29-23(25-14)27-21(28-29)17-9-6-12-32-17/h3-13,20H,1-2H3,(H,24,26,30)(H,25,27,28). The highest BCUT2D eigenvalue weighted by Crippen LogP contribution is 2.38. The van der Waals surface area contributed by atoms with E-state index in [0.717, 1.165) is 10.4 Å². The Kier molecular flexibility index (Phi) is 5.16. The molecule has 32 heavy (non-hydrogen) atoms. The van der Waals surface area contributed by atoms with Crippen LogP contribution in [0.2, 0.25) is 0 Å². The van der Waals surface area contributed by atoms with E-state index in [2.05, 4.69) is 20.6 Å². The van der Waals surface area contributed by atoms with Gasteiger partial charge in [0, 0.05) is 11.9 Å². The molecule has 1 aliphatic rings. The number of fused-ring (bicyclic) bond motifs is 1. The summed E-state index contributed by atoms with van der Waals surface area (Å²) in [6.07, 6.45) is 1.64. The highest BCUT2D eigenvalue weighted by molar-refractivity contribution is 7.13. The van der Waals surface area contributed by atoms with Gasteiger partial charge in [0.1, 0.15) is 17.6 Å². The molecule has 0 saturated heterocycles. The van der Waals surface area contributed by atoms with Crippen LogP contribution in [0.25, 0.3) is 10.7 Å². The number of methoxy groups -OCH3 is 1. The molecule has 2 N–H and O–H groups in total. The number of ether oxygens (including phenoxy) is 1. The first-order valence-corrected chi connectivity index (χ1v) is 10.9. The molecule has 160 valence electrons. The molecule has 5 rings (SSSR count). The number of carbonyl (C=O) groups excluding carboxylic acids is 1. The van der Waals surface area contributed by atoms with Gasteiger partial charge in [-0.05, 0) is 48.2 Å². The highest BCUT2D eigenvalue weighted by atomic mass is 32.1. The zero-order valence-electron chi connectivity index (χ0n) is 17.4. The van der Waals surface area contributed by atoms with Crippen molar-refractivity contribution in [2.24, 2.45) is 0 Å². The summed E-state index contributed by atoms with van der Waals surface area (Å²) >= 11 is 1.56. The van der Waals surface area contributed by atoms with Crippen molar-refractivity contribution < 1.29 is 9.53 Å². The Labute approximate surface area is 188 Å². The number of anilines is 2. The van der Waals surface area contributed by atoms with E-state index in [4.69, 9.17) is 9.84 Å². The van der Waals surface area contributed by atoms with Gasteiger partial charge in [-0.3, -0.25) is 4.79 Å². The molecule has 0 radical (unpaired) electrons. The first kappa shape index (κ1) is 20.0. The average molecular weight is 445 g/mol. The number of thiophene rings is 1. The third-order valence-electron chi connectivity index (χ3n) is 5.15. The molecule has 1 aliphatic heterocycles. The molecule has 0 aliphatic carbocycles. The monoisotopic (exact) mass is 444 g/mol. The summed E-state index contributed by atoms with van der Waals surface area (Å²) in [4.78, 5) is 23.3. The van der Waals surface area contributed by atoms with Crippen molar-refractivity contribution in [1.29, 1.82) is 0 Å². The van der Waals surface area contributed by atoms with Gasteiger partial charge in [0.05, 0.1) is 17.6 Å². The third kappa shape index (κ3) is 3.63. The van der Waals surface area contributed by atoms with Gasteiger partial charge in [-0.2, -0.15) is 4.98 Å². The van der Waals surface area contributed by atoms with E-state index < -0.39 is 6.04 Å². The van der Waals surface area contributed by atoms with Crippen molar-refractivity contribution in [3.8, 4) is 16.5 Å². The molecule has 0 saturated carbocycles. The number of pyridine rings is 1. The molecule has 4 heterocycles. The van der Waals surface area contributed by atoms with Crippen molar-refractivity contribution in [2.75, 3.05) is 17.7 Å². The lowest BCUT2D eigenvalue weighted by molar-refractivity contribution is -0.113. The van der Waals surface area contributed by atoms with Gasteiger partial charge >= 0.3 is 0 Å². The number of amides is 1. The van der Waals surface area contributed by atoms with Crippen LogP contribution in [0.4, 0.5) is 11.8 Å². The first-order valence-electron chi connectivity index (χ1n) is 9.98. The van der Waals surface area contributed by atoms with Gasteiger partial charge in [0.25, 0.3) is 5.91 Å². The summed E-state index contributed by atoms with van der Waals surface area (Å²) < 4.78 is 7.18. The van der Waals surface area contributed by atoms with Gasteiger partial charge in [-0.25, -0.2) is 9.67 Å². The van der Waals surface area contributed by atoms with E-state index >= 15 is 0 Å². The molecule has 1 amide bonds. The van der Waals surface area contributed by atoms with Crippen molar-refractivity contribution in [3.05, 3.63) is 83.0 Å². The van der Waals surface area contributed by atoms with Crippen LogP contribution in [0.1, 0.15) is 18.5 Å². The van der Waals surface area contributed by atoms with Gasteiger partial charge in [0.2, 0.25) is 5.95 Å². The lowest BCUT2D eigenvalue weighted by Crippen LogP contribution is -2.31. The fourth-order valence-electron chi connectivity index (χ4n) is 3.70. The predicted molar refractivity (Wildman–Crippen MR) is 124 cm³/mol. The van der Waals surface area contributed by atoms with Crippen molar-refractivity contribution >= 4 is 29.0 Å². The lowest BCUT2D eigenvalue weighted by atomic mass is 9.95. The zero-order valence-corrected chi connectivity index (χ0v) is 18.3. The predicted octanol–water partition coefficient (Wildman–Crippen LogP) is 4.34. The van der Waals surface area contributed by atoms with E-state index in [1.165, 1.54) is 0 Å². The Hall–Kier alpha value is -3.98. The minimum Gasteiger partial charge on any atom is -0.497 e. The van der Waals surface area contributed by atoms with Gasteiger partial charge in [-0.15, -0.1) is 16.4 Å². The summed E-state index contributed by atoms with van der Waals surface area (Å²) in [6.45, 7) is 1.86. The summed E-state index contributed by atoms with van der Waals surface area (Å²) in [5.74, 6) is 2.09. The molecule has 9 heteroatoms. The van der Waals surface area contributed by atoms with E-state index in [0.29, 0.717) is 34.6 Å². The number of allylic oxidation sites excluding steroid dienone is 1. The van der Waals surface area contributed by atoms with Crippen LogP contribution < -0.4 is 15.4 Å². The molecule has 4 aromatic rings. The Morgan fingerprint density at radius 2 is 2.09 bits per heavy atom. The molecule has 0 bridgehead atoms. The minimum absolute atomic E-state index is 0.264. The van der Waals surface area contributed by atoms with Crippen LogP contribution in [0.3, 0.4) is 0 Å². The van der Waals surface area contributed by atoms with E-state index in [1.54, 1.807) is 41.5 Å². The smallest absolute Gasteiger partial charge is 0.257 e.